The van der Waals surface area contributed by atoms with E-state index in [9.17, 15) is 4.79 Å². The molecule has 0 heterocycles. The van der Waals surface area contributed by atoms with Gasteiger partial charge in [0.25, 0.3) is 0 Å². The van der Waals surface area contributed by atoms with Gasteiger partial charge in [-0.1, -0.05) is 0 Å². The Hall–Kier alpha value is -0.300. The second-order valence-electron chi connectivity index (χ2n) is 3.68. The fraction of sp³-hybridized carbons (Fsp3) is 0.889. The molecule has 0 spiro atoms. The number of ether oxygens (including phenoxy) is 1. The number of hydrogen-bond acceptors (Lipinski definition) is 3. The summed E-state index contributed by atoms with van der Waals surface area (Å²) in [6.45, 7) is 6.09. The second kappa shape index (κ2) is 4.28. The predicted molar refractivity (Wildman–Crippen MR) is 58.0 cm³/mol. The standard InChI is InChI=1S/C9H21O3P/c1-6-13(5,7-2,8-3)12-9(10)11-4/h6-8H2,1-5H3. The van der Waals surface area contributed by atoms with Gasteiger partial charge in [-0.2, -0.15) is 0 Å². The van der Waals surface area contributed by atoms with Crippen molar-refractivity contribution in [3.8, 4) is 0 Å². The van der Waals surface area contributed by atoms with E-state index in [0.29, 0.717) is 0 Å². The van der Waals surface area contributed by atoms with Gasteiger partial charge in [0.05, 0.1) is 0 Å². The molecule has 3 nitrogen and oxygen atoms in total. The van der Waals surface area contributed by atoms with Crippen LogP contribution in [0.5, 0.6) is 0 Å². The van der Waals surface area contributed by atoms with Gasteiger partial charge in [0, 0.05) is 0 Å². The first kappa shape index (κ1) is 12.7. The molecule has 0 aliphatic carbocycles. The van der Waals surface area contributed by atoms with Crippen LogP contribution in [0.2, 0.25) is 0 Å². The Labute approximate surface area is 80.8 Å². The fourth-order valence-corrected chi connectivity index (χ4v) is 3.40. The Bertz CT molecular complexity index is 176. The maximum absolute atomic E-state index is 11.1. The van der Waals surface area contributed by atoms with E-state index in [4.69, 9.17) is 4.52 Å². The number of carbonyl (C=O) groups is 1. The molecule has 80 valence electrons. The Balaban J connectivity index is 4.68. The summed E-state index contributed by atoms with van der Waals surface area (Å²) in [5.74, 6) is 0. The molecule has 0 unspecified atom stereocenters. The van der Waals surface area contributed by atoms with Gasteiger partial charge in [-0.15, -0.1) is 0 Å². The Morgan fingerprint density at radius 2 is 1.54 bits per heavy atom. The molecule has 0 aromatic carbocycles. The van der Waals surface area contributed by atoms with Gasteiger partial charge < -0.3 is 0 Å². The van der Waals surface area contributed by atoms with Crippen molar-refractivity contribution in [3.63, 3.8) is 0 Å². The summed E-state index contributed by atoms with van der Waals surface area (Å²) in [4.78, 5) is 11.1. The van der Waals surface area contributed by atoms with Crippen molar-refractivity contribution in [1.29, 1.82) is 0 Å². The third-order valence-corrected chi connectivity index (χ3v) is 9.28. The zero-order valence-electron chi connectivity index (χ0n) is 9.29. The summed E-state index contributed by atoms with van der Waals surface area (Å²) in [6.07, 6.45) is 2.24. The van der Waals surface area contributed by atoms with Crippen molar-refractivity contribution in [2.24, 2.45) is 0 Å². The van der Waals surface area contributed by atoms with Crippen molar-refractivity contribution in [1.82, 2.24) is 0 Å². The van der Waals surface area contributed by atoms with Crippen LogP contribution in [-0.4, -0.2) is 38.4 Å². The van der Waals surface area contributed by atoms with E-state index >= 15 is 0 Å². The summed E-state index contributed by atoms with van der Waals surface area (Å²) in [7, 11) is 1.35. The van der Waals surface area contributed by atoms with Crippen molar-refractivity contribution in [3.05, 3.63) is 0 Å². The molecule has 0 bridgehead atoms. The van der Waals surface area contributed by atoms with Crippen LogP contribution in [0.1, 0.15) is 20.8 Å². The molecule has 0 radical (unpaired) electrons. The van der Waals surface area contributed by atoms with Crippen molar-refractivity contribution >= 4 is 13.0 Å². The topological polar surface area (TPSA) is 35.5 Å². The number of rotatable bonds is 4. The quantitative estimate of drug-likeness (QED) is 0.526. The summed E-state index contributed by atoms with van der Waals surface area (Å²) in [5, 5.41) is 0. The Morgan fingerprint density at radius 1 is 1.15 bits per heavy atom. The van der Waals surface area contributed by atoms with E-state index < -0.39 is 13.0 Å². The molecule has 13 heavy (non-hydrogen) atoms. The van der Waals surface area contributed by atoms with E-state index in [1.165, 1.54) is 7.11 Å². The predicted octanol–water partition coefficient (Wildman–Crippen LogP) is 2.93. The average molecular weight is 208 g/mol. The summed E-state index contributed by atoms with van der Waals surface area (Å²) in [5.41, 5.74) is 0. The minimum absolute atomic E-state index is 0.536. The van der Waals surface area contributed by atoms with Gasteiger partial charge >= 0.3 is 80.1 Å². The van der Waals surface area contributed by atoms with Crippen LogP contribution >= 0.6 is 6.83 Å². The van der Waals surface area contributed by atoms with Gasteiger partial charge in [0.1, 0.15) is 0 Å². The molecule has 0 rings (SSSR count). The van der Waals surface area contributed by atoms with Crippen LogP contribution in [0.25, 0.3) is 0 Å². The van der Waals surface area contributed by atoms with Crippen LogP contribution < -0.4 is 0 Å². The van der Waals surface area contributed by atoms with E-state index in [-0.39, 0.29) is 0 Å². The molecule has 0 fully saturated rings. The molecular formula is C9H21O3P. The zero-order valence-corrected chi connectivity index (χ0v) is 10.2. The van der Waals surface area contributed by atoms with Gasteiger partial charge in [-0.05, 0) is 0 Å². The van der Waals surface area contributed by atoms with Crippen LogP contribution in [0, 0.1) is 0 Å². The van der Waals surface area contributed by atoms with Crippen LogP contribution in [0.15, 0.2) is 0 Å². The molecule has 4 heteroatoms. The normalized spacial score (nSPS) is 14.4. The van der Waals surface area contributed by atoms with Gasteiger partial charge in [0.2, 0.25) is 0 Å². The van der Waals surface area contributed by atoms with Crippen LogP contribution in [0.4, 0.5) is 4.79 Å². The monoisotopic (exact) mass is 208 g/mol. The van der Waals surface area contributed by atoms with Crippen molar-refractivity contribution < 1.29 is 14.1 Å². The molecule has 0 aromatic heterocycles. The van der Waals surface area contributed by atoms with Gasteiger partial charge in [-0.3, -0.25) is 0 Å². The van der Waals surface area contributed by atoms with E-state index in [1.807, 2.05) is 0 Å². The zero-order chi connectivity index (χ0) is 10.6. The van der Waals surface area contributed by atoms with E-state index in [2.05, 4.69) is 32.2 Å². The molecule has 0 amide bonds. The maximum atomic E-state index is 11.1. The molecule has 0 atom stereocenters. The summed E-state index contributed by atoms with van der Waals surface area (Å²) in [6, 6.07) is 0. The first-order valence-electron chi connectivity index (χ1n) is 4.72. The van der Waals surface area contributed by atoms with Gasteiger partial charge in [-0.25, -0.2) is 0 Å². The molecule has 0 saturated heterocycles. The number of carbonyl (C=O) groups excluding carboxylic acids is 1. The van der Waals surface area contributed by atoms with E-state index in [1.54, 1.807) is 0 Å². The minimum atomic E-state index is -2.25. The molecule has 0 N–H and O–H groups in total. The molecule has 0 aliphatic heterocycles. The van der Waals surface area contributed by atoms with E-state index in [0.717, 1.165) is 18.5 Å². The molecular weight excluding hydrogens is 187 g/mol. The first-order valence-corrected chi connectivity index (χ1v) is 7.88. The molecule has 0 aromatic rings. The van der Waals surface area contributed by atoms with Crippen molar-refractivity contribution in [2.45, 2.75) is 20.8 Å². The average Bonchev–Trinajstić information content (AvgIpc) is 2.18. The van der Waals surface area contributed by atoms with Gasteiger partial charge in [0.15, 0.2) is 0 Å². The van der Waals surface area contributed by atoms with Crippen LogP contribution in [-0.2, 0) is 9.26 Å². The molecule has 0 aliphatic rings. The third-order valence-electron chi connectivity index (χ3n) is 3.20. The first-order chi connectivity index (χ1) is 5.93. The fourth-order valence-electron chi connectivity index (χ4n) is 1.13. The van der Waals surface area contributed by atoms with Crippen molar-refractivity contribution in [2.75, 3.05) is 32.3 Å². The Morgan fingerprint density at radius 3 is 1.77 bits per heavy atom. The number of methoxy groups -OCH3 is 1. The summed E-state index contributed by atoms with van der Waals surface area (Å²) >= 11 is 0. The van der Waals surface area contributed by atoms with Crippen LogP contribution in [0.3, 0.4) is 0 Å². The third kappa shape index (κ3) is 2.84. The summed E-state index contributed by atoms with van der Waals surface area (Å²) < 4.78 is 10.0. The molecule has 0 saturated carbocycles. The second-order valence-corrected chi connectivity index (χ2v) is 10.1. The Kier molecular flexibility index (Phi) is 4.18. The number of hydrogen-bond donors (Lipinski definition) is 0. The SMILES string of the molecule is CCP(C)(CC)(CC)OC(=O)OC.